The monoisotopic (exact) mass is 396 g/mol. The highest BCUT2D eigenvalue weighted by molar-refractivity contribution is 7.15. The molecule has 0 saturated carbocycles. The lowest BCUT2D eigenvalue weighted by atomic mass is 9.89. The van der Waals surface area contributed by atoms with E-state index in [4.69, 9.17) is 9.72 Å². The van der Waals surface area contributed by atoms with Gasteiger partial charge in [0.1, 0.15) is 12.0 Å². The van der Waals surface area contributed by atoms with Crippen LogP contribution in [0, 0.1) is 6.92 Å². The molecule has 1 aromatic carbocycles. The van der Waals surface area contributed by atoms with Crippen LogP contribution in [0.25, 0.3) is 5.57 Å². The molecule has 0 spiro atoms. The number of hydrogen-bond acceptors (Lipinski definition) is 5. The molecule has 0 amide bonds. The number of carbonyl (C=O) groups excluding carboxylic acids is 1. The van der Waals surface area contributed by atoms with Gasteiger partial charge in [0, 0.05) is 36.4 Å². The van der Waals surface area contributed by atoms with Crippen LogP contribution in [0.3, 0.4) is 0 Å². The lowest BCUT2D eigenvalue weighted by Gasteiger charge is -2.25. The third-order valence-electron chi connectivity index (χ3n) is 5.67. The third kappa shape index (κ3) is 4.14. The molecule has 1 aliphatic heterocycles. The Morgan fingerprint density at radius 2 is 2.11 bits per heavy atom. The second-order valence-electron chi connectivity index (χ2n) is 7.57. The molecule has 4 rings (SSSR count). The number of aryl methyl sites for hydroxylation is 1. The van der Waals surface area contributed by atoms with Crippen molar-refractivity contribution in [2.45, 2.75) is 51.9 Å². The zero-order valence-corrected chi connectivity index (χ0v) is 17.4. The fourth-order valence-corrected chi connectivity index (χ4v) is 5.17. The Labute approximate surface area is 171 Å². The molecule has 5 heteroatoms. The fourth-order valence-electron chi connectivity index (χ4n) is 4.17. The number of ether oxygens (including phenoxy) is 1. The van der Waals surface area contributed by atoms with Crippen LogP contribution < -0.4 is 9.64 Å². The molecule has 148 valence electrons. The van der Waals surface area contributed by atoms with E-state index in [9.17, 15) is 4.79 Å². The SMILES string of the molecule is Cc1sc(N2CCCCC2)nc1CCOc1cccc2c1CCC=C2CC=O. The number of hydrogen-bond donors (Lipinski definition) is 0. The van der Waals surface area contributed by atoms with Gasteiger partial charge in [-0.2, -0.15) is 0 Å². The molecule has 28 heavy (non-hydrogen) atoms. The van der Waals surface area contributed by atoms with Gasteiger partial charge in [-0.1, -0.05) is 18.2 Å². The highest BCUT2D eigenvalue weighted by atomic mass is 32.1. The average Bonchev–Trinajstić information content (AvgIpc) is 3.10. The lowest BCUT2D eigenvalue weighted by Crippen LogP contribution is -2.29. The molecule has 0 atom stereocenters. The third-order valence-corrected chi connectivity index (χ3v) is 6.75. The van der Waals surface area contributed by atoms with Crippen molar-refractivity contribution in [1.29, 1.82) is 0 Å². The van der Waals surface area contributed by atoms with Gasteiger partial charge < -0.3 is 14.4 Å². The Bertz CT molecular complexity index is 865. The van der Waals surface area contributed by atoms with Crippen molar-refractivity contribution in [2.75, 3.05) is 24.6 Å². The molecule has 2 aromatic rings. The van der Waals surface area contributed by atoms with Crippen LogP contribution >= 0.6 is 11.3 Å². The van der Waals surface area contributed by atoms with Crippen LogP contribution in [0.1, 0.15) is 53.8 Å². The predicted octanol–water partition coefficient (Wildman–Crippen LogP) is 4.98. The minimum atomic E-state index is 0.480. The van der Waals surface area contributed by atoms with Gasteiger partial charge in [-0.3, -0.25) is 0 Å². The van der Waals surface area contributed by atoms with Crippen LogP contribution in [0.5, 0.6) is 5.75 Å². The van der Waals surface area contributed by atoms with Gasteiger partial charge in [0.25, 0.3) is 0 Å². The Morgan fingerprint density at radius 3 is 2.93 bits per heavy atom. The number of aromatic nitrogens is 1. The van der Waals surface area contributed by atoms with Crippen molar-refractivity contribution < 1.29 is 9.53 Å². The second-order valence-corrected chi connectivity index (χ2v) is 8.75. The van der Waals surface area contributed by atoms with Gasteiger partial charge in [-0.25, -0.2) is 4.98 Å². The van der Waals surface area contributed by atoms with Crippen LogP contribution in [0.2, 0.25) is 0 Å². The van der Waals surface area contributed by atoms with Crippen molar-refractivity contribution >= 4 is 28.3 Å². The molecule has 2 heterocycles. The van der Waals surface area contributed by atoms with E-state index in [-0.39, 0.29) is 0 Å². The molecule has 1 aliphatic carbocycles. The zero-order valence-electron chi connectivity index (χ0n) is 16.6. The maximum absolute atomic E-state index is 11.0. The number of carbonyl (C=O) groups is 1. The normalized spacial score (nSPS) is 16.5. The predicted molar refractivity (Wildman–Crippen MR) is 116 cm³/mol. The van der Waals surface area contributed by atoms with E-state index < -0.39 is 0 Å². The number of anilines is 1. The number of piperidine rings is 1. The van der Waals surface area contributed by atoms with Gasteiger partial charge in [0.2, 0.25) is 0 Å². The van der Waals surface area contributed by atoms with E-state index in [1.807, 2.05) is 17.4 Å². The standard InChI is InChI=1S/C23H28N2O2S/c1-17-21(24-23(28-17)25-13-3-2-4-14-25)12-16-27-22-10-6-8-19-18(11-15-26)7-5-9-20(19)22/h6-8,10,15H,2-5,9,11-14,16H2,1H3. The van der Waals surface area contributed by atoms with E-state index >= 15 is 0 Å². The summed E-state index contributed by atoms with van der Waals surface area (Å²) in [5.74, 6) is 0.957. The molecule has 1 aromatic heterocycles. The number of aldehydes is 1. The summed E-state index contributed by atoms with van der Waals surface area (Å²) in [6, 6.07) is 6.18. The van der Waals surface area contributed by atoms with Crippen molar-refractivity contribution in [3.05, 3.63) is 46.0 Å². The first kappa shape index (κ1) is 19.2. The molecular weight excluding hydrogens is 368 g/mol. The number of thiazole rings is 1. The summed E-state index contributed by atoms with van der Waals surface area (Å²) in [6.45, 7) is 5.07. The summed E-state index contributed by atoms with van der Waals surface area (Å²) in [5.41, 5.74) is 4.71. The number of benzene rings is 1. The minimum Gasteiger partial charge on any atom is -0.493 e. The maximum atomic E-state index is 11.0. The van der Waals surface area contributed by atoms with Crippen LogP contribution in [-0.2, 0) is 17.6 Å². The number of nitrogens with zero attached hydrogens (tertiary/aromatic N) is 2. The number of allylic oxidation sites excluding steroid dienone is 2. The smallest absolute Gasteiger partial charge is 0.185 e. The number of rotatable bonds is 7. The molecule has 0 radical (unpaired) electrons. The average molecular weight is 397 g/mol. The van der Waals surface area contributed by atoms with Crippen molar-refractivity contribution in [3.63, 3.8) is 0 Å². The van der Waals surface area contributed by atoms with Crippen molar-refractivity contribution in [2.24, 2.45) is 0 Å². The molecule has 1 fully saturated rings. The van der Waals surface area contributed by atoms with Gasteiger partial charge >= 0.3 is 0 Å². The summed E-state index contributed by atoms with van der Waals surface area (Å²) < 4.78 is 6.18. The highest BCUT2D eigenvalue weighted by Gasteiger charge is 2.18. The summed E-state index contributed by atoms with van der Waals surface area (Å²) in [4.78, 5) is 19.6. The van der Waals surface area contributed by atoms with E-state index in [2.05, 4.69) is 30.0 Å². The van der Waals surface area contributed by atoms with E-state index in [0.717, 1.165) is 55.7 Å². The summed E-state index contributed by atoms with van der Waals surface area (Å²) in [6.07, 6.45) is 10.3. The minimum absolute atomic E-state index is 0.480. The summed E-state index contributed by atoms with van der Waals surface area (Å²) in [5, 5.41) is 1.17. The quantitative estimate of drug-likeness (QED) is 0.619. The lowest BCUT2D eigenvalue weighted by molar-refractivity contribution is -0.107. The van der Waals surface area contributed by atoms with Crippen LogP contribution in [0.15, 0.2) is 24.3 Å². The molecule has 1 saturated heterocycles. The second kappa shape index (κ2) is 8.91. The first-order valence-corrected chi connectivity index (χ1v) is 11.2. The highest BCUT2D eigenvalue weighted by Crippen LogP contribution is 2.34. The molecule has 0 unspecified atom stereocenters. The van der Waals surface area contributed by atoms with Gasteiger partial charge in [-0.05, 0) is 56.2 Å². The molecular formula is C23H28N2O2S. The molecule has 2 aliphatic rings. The van der Waals surface area contributed by atoms with Crippen LogP contribution in [0.4, 0.5) is 5.13 Å². The van der Waals surface area contributed by atoms with Crippen molar-refractivity contribution in [3.8, 4) is 5.75 Å². The first-order valence-electron chi connectivity index (χ1n) is 10.3. The maximum Gasteiger partial charge on any atom is 0.185 e. The van der Waals surface area contributed by atoms with Gasteiger partial charge in [0.05, 0.1) is 12.3 Å². The summed E-state index contributed by atoms with van der Waals surface area (Å²) >= 11 is 1.81. The fraction of sp³-hybridized carbons (Fsp3) is 0.478. The topological polar surface area (TPSA) is 42.4 Å². The first-order chi connectivity index (χ1) is 13.8. The largest absolute Gasteiger partial charge is 0.493 e. The van der Waals surface area contributed by atoms with E-state index in [0.29, 0.717) is 13.0 Å². The number of fused-ring (bicyclic) bond motifs is 1. The van der Waals surface area contributed by atoms with Gasteiger partial charge in [0.15, 0.2) is 5.13 Å². The Balaban J connectivity index is 1.41. The Hall–Kier alpha value is -2.14. The van der Waals surface area contributed by atoms with Crippen molar-refractivity contribution in [1.82, 2.24) is 4.98 Å². The Morgan fingerprint density at radius 1 is 1.25 bits per heavy atom. The molecule has 4 nitrogen and oxygen atoms in total. The van der Waals surface area contributed by atoms with Gasteiger partial charge in [-0.15, -0.1) is 11.3 Å². The molecule has 0 bridgehead atoms. The Kier molecular flexibility index (Phi) is 6.10. The molecule has 0 N–H and O–H groups in total. The van der Waals surface area contributed by atoms with E-state index in [1.165, 1.54) is 40.4 Å². The van der Waals surface area contributed by atoms with E-state index in [1.54, 1.807) is 0 Å². The summed E-state index contributed by atoms with van der Waals surface area (Å²) in [7, 11) is 0. The zero-order chi connectivity index (χ0) is 19.3. The van der Waals surface area contributed by atoms with Crippen LogP contribution in [-0.4, -0.2) is 31.0 Å².